The normalized spacial score (nSPS) is 14.2. The Morgan fingerprint density at radius 1 is 1.00 bits per heavy atom. The maximum atomic E-state index is 13.0. The Kier molecular flexibility index (Phi) is 7.28. The van der Waals surface area contributed by atoms with Gasteiger partial charge in [-0.25, -0.2) is 4.98 Å². The molecule has 0 atom stereocenters. The van der Waals surface area contributed by atoms with Crippen molar-refractivity contribution in [3.8, 4) is 5.69 Å². The highest BCUT2D eigenvalue weighted by Crippen LogP contribution is 2.26. The number of rotatable bonds is 7. The summed E-state index contributed by atoms with van der Waals surface area (Å²) in [5, 5.41) is 13.0. The lowest BCUT2D eigenvalue weighted by Crippen LogP contribution is -2.35. The van der Waals surface area contributed by atoms with E-state index in [0.717, 1.165) is 49.0 Å². The van der Waals surface area contributed by atoms with Gasteiger partial charge in [0.25, 0.3) is 11.5 Å². The summed E-state index contributed by atoms with van der Waals surface area (Å²) in [5.74, 6) is 0.957. The molecule has 0 unspecified atom stereocenters. The van der Waals surface area contributed by atoms with Crippen molar-refractivity contribution in [2.45, 2.75) is 32.7 Å². The topological polar surface area (TPSA) is 100 Å². The number of aliphatic hydroxyl groups excluding tert-OH is 1. The van der Waals surface area contributed by atoms with Gasteiger partial charge in [-0.15, -0.1) is 0 Å². The van der Waals surface area contributed by atoms with Crippen LogP contribution in [0.4, 0.5) is 5.95 Å². The largest absolute Gasteiger partial charge is 0.396 e. The van der Waals surface area contributed by atoms with Crippen LogP contribution in [-0.2, 0) is 6.54 Å². The summed E-state index contributed by atoms with van der Waals surface area (Å²) < 4.78 is 1.58. The molecule has 0 spiro atoms. The third-order valence-corrected chi connectivity index (χ3v) is 7.05. The number of aromatic nitrogens is 3. The lowest BCUT2D eigenvalue weighted by atomic mass is 9.94. The molecule has 2 aromatic carbocycles. The number of nitrogens with one attached hydrogen (secondary N) is 1. The predicted molar refractivity (Wildman–Crippen MR) is 144 cm³/mol. The zero-order valence-electron chi connectivity index (χ0n) is 20.9. The van der Waals surface area contributed by atoms with Crippen LogP contribution in [0.25, 0.3) is 16.7 Å². The number of aliphatic hydroxyl groups is 1. The Balaban J connectivity index is 1.41. The van der Waals surface area contributed by atoms with Crippen LogP contribution in [0.2, 0.25) is 0 Å². The number of carbonyl (C=O) groups is 1. The molecular formula is C29H31N5O3. The van der Waals surface area contributed by atoms with E-state index >= 15 is 0 Å². The Morgan fingerprint density at radius 2 is 1.73 bits per heavy atom. The molecule has 0 aliphatic carbocycles. The van der Waals surface area contributed by atoms with Gasteiger partial charge >= 0.3 is 0 Å². The van der Waals surface area contributed by atoms with Gasteiger partial charge in [-0.1, -0.05) is 30.3 Å². The van der Waals surface area contributed by atoms with Crippen LogP contribution in [-0.4, -0.2) is 45.2 Å². The minimum Gasteiger partial charge on any atom is -0.396 e. The molecule has 1 fully saturated rings. The molecule has 1 aliphatic heterocycles. The Hall–Kier alpha value is -4.04. The maximum absolute atomic E-state index is 13.0. The average molecular weight is 498 g/mol. The second-order valence-electron chi connectivity index (χ2n) is 9.51. The van der Waals surface area contributed by atoms with E-state index in [0.29, 0.717) is 35.3 Å². The molecule has 1 amide bonds. The molecule has 0 radical (unpaired) electrons. The molecule has 37 heavy (non-hydrogen) atoms. The van der Waals surface area contributed by atoms with Gasteiger partial charge in [0, 0.05) is 43.3 Å². The lowest BCUT2D eigenvalue weighted by Gasteiger charge is -2.32. The summed E-state index contributed by atoms with van der Waals surface area (Å²) in [5.41, 5.74) is 3.35. The summed E-state index contributed by atoms with van der Waals surface area (Å²) in [6, 6.07) is 20.0. The summed E-state index contributed by atoms with van der Waals surface area (Å²) >= 11 is 0. The lowest BCUT2D eigenvalue weighted by molar-refractivity contribution is 0.0951. The second-order valence-corrected chi connectivity index (χ2v) is 9.51. The highest BCUT2D eigenvalue weighted by Gasteiger charge is 2.22. The molecule has 3 heterocycles. The first-order chi connectivity index (χ1) is 18.0. The molecule has 0 bridgehead atoms. The van der Waals surface area contributed by atoms with E-state index < -0.39 is 0 Å². The number of aryl methyl sites for hydroxylation is 1. The van der Waals surface area contributed by atoms with E-state index in [9.17, 15) is 14.7 Å². The van der Waals surface area contributed by atoms with Crippen LogP contribution in [0, 0.1) is 12.8 Å². The van der Waals surface area contributed by atoms with Gasteiger partial charge in [0.2, 0.25) is 5.95 Å². The van der Waals surface area contributed by atoms with Gasteiger partial charge in [-0.2, -0.15) is 4.98 Å². The Bertz CT molecular complexity index is 1440. The van der Waals surface area contributed by atoms with Gasteiger partial charge in [-0.3, -0.25) is 14.2 Å². The first kappa shape index (κ1) is 24.6. The van der Waals surface area contributed by atoms with Crippen LogP contribution in [0.3, 0.4) is 0 Å². The molecule has 8 nitrogen and oxygen atoms in total. The molecule has 8 heteroatoms. The quantitative estimate of drug-likeness (QED) is 0.405. The zero-order chi connectivity index (χ0) is 25.8. The molecule has 1 saturated heterocycles. The van der Waals surface area contributed by atoms with Gasteiger partial charge in [0.1, 0.15) is 0 Å². The zero-order valence-corrected chi connectivity index (χ0v) is 20.9. The monoisotopic (exact) mass is 497 g/mol. The predicted octanol–water partition coefficient (Wildman–Crippen LogP) is 3.62. The van der Waals surface area contributed by atoms with E-state index in [4.69, 9.17) is 9.97 Å². The summed E-state index contributed by atoms with van der Waals surface area (Å²) in [7, 11) is 0. The van der Waals surface area contributed by atoms with Crippen LogP contribution >= 0.6 is 0 Å². The number of anilines is 1. The maximum Gasteiger partial charge on any atom is 0.256 e. The van der Waals surface area contributed by atoms with Crippen molar-refractivity contribution >= 4 is 22.9 Å². The van der Waals surface area contributed by atoms with Crippen molar-refractivity contribution in [2.75, 3.05) is 24.6 Å². The number of hydrogen-bond donors (Lipinski definition) is 2. The van der Waals surface area contributed by atoms with Crippen LogP contribution < -0.4 is 15.8 Å². The Labute approximate surface area is 215 Å². The standard InChI is InChI=1S/C29H31N5O3/c1-20-25-11-12-26(36)34(27(25)32-29(31-20)33-16-13-21(14-17-33)15-18-35)24-9-7-23(8-10-24)28(37)30-19-22-5-3-2-4-6-22/h2-12,21,35H,13-19H2,1H3,(H,30,37). The number of piperidine rings is 1. The molecule has 5 rings (SSSR count). The van der Waals surface area contributed by atoms with Gasteiger partial charge in [0.05, 0.1) is 11.4 Å². The Morgan fingerprint density at radius 3 is 2.43 bits per heavy atom. The van der Waals surface area contributed by atoms with Crippen molar-refractivity contribution in [2.24, 2.45) is 5.92 Å². The molecule has 4 aromatic rings. The fraction of sp³-hybridized carbons (Fsp3) is 0.310. The number of hydrogen-bond acceptors (Lipinski definition) is 6. The minimum atomic E-state index is -0.195. The SMILES string of the molecule is Cc1nc(N2CCC(CCO)CC2)nc2c1ccc(=O)n2-c1ccc(C(=O)NCc2ccccc2)cc1. The summed E-state index contributed by atoms with van der Waals surface area (Å²) in [4.78, 5) is 37.4. The van der Waals surface area contributed by atoms with E-state index in [1.807, 2.05) is 37.3 Å². The minimum absolute atomic E-state index is 0.175. The number of pyridine rings is 1. The molecule has 2 N–H and O–H groups in total. The van der Waals surface area contributed by atoms with Crippen LogP contribution in [0.1, 0.15) is 40.9 Å². The summed E-state index contributed by atoms with van der Waals surface area (Å²) in [6.07, 6.45) is 2.79. The average Bonchev–Trinajstić information content (AvgIpc) is 2.93. The first-order valence-corrected chi connectivity index (χ1v) is 12.7. The molecule has 2 aromatic heterocycles. The van der Waals surface area contributed by atoms with E-state index in [1.165, 1.54) is 6.07 Å². The molecular weight excluding hydrogens is 466 g/mol. The number of carbonyl (C=O) groups excluding carboxylic acids is 1. The van der Waals surface area contributed by atoms with E-state index in [-0.39, 0.29) is 18.1 Å². The van der Waals surface area contributed by atoms with E-state index in [1.54, 1.807) is 34.9 Å². The van der Waals surface area contributed by atoms with Gasteiger partial charge in [-0.05, 0) is 68.0 Å². The van der Waals surface area contributed by atoms with Crippen molar-refractivity contribution in [3.63, 3.8) is 0 Å². The molecule has 1 aliphatic rings. The smallest absolute Gasteiger partial charge is 0.256 e. The van der Waals surface area contributed by atoms with Gasteiger partial charge < -0.3 is 15.3 Å². The number of amides is 1. The fourth-order valence-electron chi connectivity index (χ4n) is 4.89. The highest BCUT2D eigenvalue weighted by atomic mass is 16.3. The van der Waals surface area contributed by atoms with Crippen molar-refractivity contribution in [1.82, 2.24) is 19.9 Å². The van der Waals surface area contributed by atoms with Crippen molar-refractivity contribution in [3.05, 3.63) is 93.9 Å². The van der Waals surface area contributed by atoms with Gasteiger partial charge in [0.15, 0.2) is 5.65 Å². The van der Waals surface area contributed by atoms with Crippen molar-refractivity contribution in [1.29, 1.82) is 0 Å². The van der Waals surface area contributed by atoms with Crippen molar-refractivity contribution < 1.29 is 9.90 Å². The third-order valence-electron chi connectivity index (χ3n) is 7.05. The summed E-state index contributed by atoms with van der Waals surface area (Å²) in [6.45, 7) is 4.23. The third kappa shape index (κ3) is 5.39. The highest BCUT2D eigenvalue weighted by molar-refractivity contribution is 5.94. The molecule has 190 valence electrons. The van der Waals surface area contributed by atoms with Crippen LogP contribution in [0.5, 0.6) is 0 Å². The molecule has 0 saturated carbocycles. The number of benzene rings is 2. The first-order valence-electron chi connectivity index (χ1n) is 12.7. The number of fused-ring (bicyclic) bond motifs is 1. The second kappa shape index (κ2) is 10.9. The number of nitrogens with zero attached hydrogens (tertiary/aromatic N) is 4. The fourth-order valence-corrected chi connectivity index (χ4v) is 4.89. The van der Waals surface area contributed by atoms with E-state index in [2.05, 4.69) is 10.2 Å². The van der Waals surface area contributed by atoms with Crippen LogP contribution in [0.15, 0.2) is 71.5 Å².